The van der Waals surface area contributed by atoms with Crippen LogP contribution in [0.3, 0.4) is 0 Å². The van der Waals surface area contributed by atoms with Crippen molar-refractivity contribution in [2.24, 2.45) is 0 Å². The van der Waals surface area contributed by atoms with Crippen LogP contribution in [0.1, 0.15) is 45.6 Å². The molecule has 3 nitrogen and oxygen atoms in total. The summed E-state index contributed by atoms with van der Waals surface area (Å²) in [7, 11) is 0. The van der Waals surface area contributed by atoms with Gasteiger partial charge >= 0.3 is 0 Å². The molecule has 0 spiro atoms. The van der Waals surface area contributed by atoms with Crippen LogP contribution in [0.25, 0.3) is 0 Å². The lowest BCUT2D eigenvalue weighted by Gasteiger charge is -2.31. The van der Waals surface area contributed by atoms with Gasteiger partial charge in [0.2, 0.25) is 5.91 Å². The molecule has 0 atom stereocenters. The maximum absolute atomic E-state index is 12.1. The van der Waals surface area contributed by atoms with Crippen LogP contribution in [0.15, 0.2) is 24.3 Å². The maximum atomic E-state index is 12.1. The molecule has 0 radical (unpaired) electrons. The Morgan fingerprint density at radius 3 is 2.33 bits per heavy atom. The molecule has 18 heavy (non-hydrogen) atoms. The number of nitrogens with two attached hydrogens (primary N) is 1. The summed E-state index contributed by atoms with van der Waals surface area (Å²) in [6, 6.07) is 7.49. The number of rotatable bonds is 6. The van der Waals surface area contributed by atoms with Gasteiger partial charge in [-0.15, -0.1) is 0 Å². The molecule has 1 rings (SSSR count). The van der Waals surface area contributed by atoms with E-state index >= 15 is 0 Å². The van der Waals surface area contributed by atoms with Gasteiger partial charge < -0.3 is 11.1 Å². The van der Waals surface area contributed by atoms with Gasteiger partial charge in [-0.25, -0.2) is 0 Å². The third kappa shape index (κ3) is 3.76. The SMILES string of the molecule is CCC(CC)(CC)NC(=O)Cc1cccc(N)c1. The van der Waals surface area contributed by atoms with E-state index in [2.05, 4.69) is 26.1 Å². The molecule has 3 heteroatoms. The second-order valence-corrected chi connectivity index (χ2v) is 4.81. The molecule has 100 valence electrons. The molecule has 0 aliphatic carbocycles. The van der Waals surface area contributed by atoms with Crippen LogP contribution in [0.4, 0.5) is 5.69 Å². The molecule has 3 N–H and O–H groups in total. The summed E-state index contributed by atoms with van der Waals surface area (Å²) in [6.07, 6.45) is 3.28. The number of carbonyl (C=O) groups excluding carboxylic acids is 1. The summed E-state index contributed by atoms with van der Waals surface area (Å²) >= 11 is 0. The van der Waals surface area contributed by atoms with Gasteiger partial charge in [0.15, 0.2) is 0 Å². The summed E-state index contributed by atoms with van der Waals surface area (Å²) in [5.74, 6) is 0.0751. The largest absolute Gasteiger partial charge is 0.399 e. The van der Waals surface area contributed by atoms with Crippen molar-refractivity contribution in [3.8, 4) is 0 Å². The van der Waals surface area contributed by atoms with E-state index < -0.39 is 0 Å². The predicted molar refractivity (Wildman–Crippen MR) is 76.3 cm³/mol. The van der Waals surface area contributed by atoms with E-state index in [0.29, 0.717) is 12.1 Å². The maximum Gasteiger partial charge on any atom is 0.224 e. The third-order valence-electron chi connectivity index (χ3n) is 3.75. The Labute approximate surface area is 110 Å². The zero-order chi connectivity index (χ0) is 13.6. The molecular weight excluding hydrogens is 224 g/mol. The highest BCUT2D eigenvalue weighted by Gasteiger charge is 2.25. The lowest BCUT2D eigenvalue weighted by atomic mass is 9.89. The van der Waals surface area contributed by atoms with Crippen LogP contribution >= 0.6 is 0 Å². The van der Waals surface area contributed by atoms with E-state index in [1.165, 1.54) is 0 Å². The van der Waals surface area contributed by atoms with Gasteiger partial charge in [-0.05, 0) is 37.0 Å². The Bertz CT molecular complexity index is 389. The molecule has 0 aromatic heterocycles. The first-order valence-corrected chi connectivity index (χ1v) is 6.70. The van der Waals surface area contributed by atoms with Crippen LogP contribution in [-0.4, -0.2) is 11.4 Å². The molecule has 0 aliphatic heterocycles. The normalized spacial score (nSPS) is 11.3. The minimum Gasteiger partial charge on any atom is -0.399 e. The van der Waals surface area contributed by atoms with E-state index in [9.17, 15) is 4.79 Å². The first-order valence-electron chi connectivity index (χ1n) is 6.70. The first kappa shape index (κ1) is 14.6. The third-order valence-corrected chi connectivity index (χ3v) is 3.75. The molecule has 0 heterocycles. The van der Waals surface area contributed by atoms with Crippen LogP contribution in [0.2, 0.25) is 0 Å². The van der Waals surface area contributed by atoms with Gasteiger partial charge in [-0.2, -0.15) is 0 Å². The van der Waals surface area contributed by atoms with E-state index in [0.717, 1.165) is 24.8 Å². The molecule has 0 fully saturated rings. The van der Waals surface area contributed by atoms with Gasteiger partial charge in [0.05, 0.1) is 6.42 Å². The van der Waals surface area contributed by atoms with Crippen molar-refractivity contribution in [3.63, 3.8) is 0 Å². The smallest absolute Gasteiger partial charge is 0.224 e. The molecule has 1 amide bonds. The van der Waals surface area contributed by atoms with Crippen molar-refractivity contribution in [3.05, 3.63) is 29.8 Å². The molecule has 1 aromatic rings. The van der Waals surface area contributed by atoms with Gasteiger partial charge in [-0.3, -0.25) is 4.79 Å². The Kier molecular flexibility index (Phi) is 5.20. The van der Waals surface area contributed by atoms with E-state index in [1.54, 1.807) is 0 Å². The fourth-order valence-electron chi connectivity index (χ4n) is 2.24. The van der Waals surface area contributed by atoms with Crippen molar-refractivity contribution in [2.75, 3.05) is 5.73 Å². The summed E-state index contributed by atoms with van der Waals surface area (Å²) in [6.45, 7) is 6.36. The number of nitrogen functional groups attached to an aromatic ring is 1. The van der Waals surface area contributed by atoms with E-state index in [1.807, 2.05) is 24.3 Å². The van der Waals surface area contributed by atoms with Gasteiger partial charge in [0, 0.05) is 11.2 Å². The van der Waals surface area contributed by atoms with Crippen LogP contribution in [-0.2, 0) is 11.2 Å². The van der Waals surface area contributed by atoms with Crippen molar-refractivity contribution in [2.45, 2.75) is 52.0 Å². The average Bonchev–Trinajstić information content (AvgIpc) is 2.36. The van der Waals surface area contributed by atoms with Gasteiger partial charge in [0.25, 0.3) is 0 Å². The molecular formula is C15H24N2O. The Morgan fingerprint density at radius 1 is 1.22 bits per heavy atom. The summed E-state index contributed by atoms with van der Waals surface area (Å²) in [5.41, 5.74) is 7.31. The topological polar surface area (TPSA) is 55.1 Å². The predicted octanol–water partition coefficient (Wildman–Crippen LogP) is 2.90. The van der Waals surface area contributed by atoms with E-state index in [4.69, 9.17) is 5.73 Å². The van der Waals surface area contributed by atoms with Gasteiger partial charge in [0.1, 0.15) is 0 Å². The molecule has 1 aromatic carbocycles. The zero-order valence-electron chi connectivity index (χ0n) is 11.6. The minimum atomic E-state index is -0.0581. The fraction of sp³-hybridized carbons (Fsp3) is 0.533. The Morgan fingerprint density at radius 2 is 1.83 bits per heavy atom. The second-order valence-electron chi connectivity index (χ2n) is 4.81. The number of amides is 1. The molecule has 0 saturated carbocycles. The lowest BCUT2D eigenvalue weighted by Crippen LogP contribution is -2.47. The summed E-state index contributed by atoms with van der Waals surface area (Å²) in [4.78, 5) is 12.1. The monoisotopic (exact) mass is 248 g/mol. The van der Waals surface area contributed by atoms with E-state index in [-0.39, 0.29) is 11.4 Å². The molecule has 0 saturated heterocycles. The highest BCUT2D eigenvalue weighted by molar-refractivity contribution is 5.79. The summed E-state index contributed by atoms with van der Waals surface area (Å²) in [5, 5.41) is 3.17. The second kappa shape index (κ2) is 6.43. The number of carbonyl (C=O) groups is 1. The lowest BCUT2D eigenvalue weighted by molar-refractivity contribution is -0.122. The first-order chi connectivity index (χ1) is 8.55. The number of nitrogens with one attached hydrogen (secondary N) is 1. The van der Waals surface area contributed by atoms with Crippen LogP contribution in [0.5, 0.6) is 0 Å². The van der Waals surface area contributed by atoms with Crippen molar-refractivity contribution < 1.29 is 4.79 Å². The number of hydrogen-bond acceptors (Lipinski definition) is 2. The number of anilines is 1. The average molecular weight is 248 g/mol. The minimum absolute atomic E-state index is 0.0581. The zero-order valence-corrected chi connectivity index (χ0v) is 11.6. The highest BCUT2D eigenvalue weighted by Crippen LogP contribution is 2.19. The Hall–Kier alpha value is -1.51. The number of benzene rings is 1. The standard InChI is InChI=1S/C15H24N2O/c1-4-15(5-2,6-3)17-14(18)11-12-8-7-9-13(16)10-12/h7-10H,4-6,11,16H2,1-3H3,(H,17,18). The van der Waals surface area contributed by atoms with Crippen LogP contribution < -0.4 is 11.1 Å². The van der Waals surface area contributed by atoms with Gasteiger partial charge in [-0.1, -0.05) is 32.9 Å². The summed E-state index contributed by atoms with van der Waals surface area (Å²) < 4.78 is 0. The number of hydrogen-bond donors (Lipinski definition) is 2. The van der Waals surface area contributed by atoms with Crippen molar-refractivity contribution in [1.29, 1.82) is 0 Å². The Balaban J connectivity index is 2.66. The molecule has 0 bridgehead atoms. The van der Waals surface area contributed by atoms with Crippen molar-refractivity contribution in [1.82, 2.24) is 5.32 Å². The van der Waals surface area contributed by atoms with Crippen molar-refractivity contribution >= 4 is 11.6 Å². The quantitative estimate of drug-likeness (QED) is 0.761. The fourth-order valence-corrected chi connectivity index (χ4v) is 2.24. The molecule has 0 aliphatic rings. The molecule has 0 unspecified atom stereocenters. The van der Waals surface area contributed by atoms with Crippen LogP contribution in [0, 0.1) is 0 Å². The highest BCUT2D eigenvalue weighted by atomic mass is 16.1.